The third-order valence-corrected chi connectivity index (χ3v) is 4.19. The molecule has 0 N–H and O–H groups in total. The molecular formula is C17H18N2O2. The Hall–Kier alpha value is -2.23. The van der Waals surface area contributed by atoms with Gasteiger partial charge in [0.25, 0.3) is 0 Å². The maximum Gasteiger partial charge on any atom is 0.193 e. The molecule has 0 aliphatic heterocycles. The molecule has 0 bridgehead atoms. The van der Waals surface area contributed by atoms with Crippen LogP contribution < -0.4 is 0 Å². The van der Waals surface area contributed by atoms with Crippen molar-refractivity contribution in [2.75, 3.05) is 0 Å². The summed E-state index contributed by atoms with van der Waals surface area (Å²) in [7, 11) is 1.82. The van der Waals surface area contributed by atoms with Gasteiger partial charge in [-0.1, -0.05) is 30.3 Å². The maximum absolute atomic E-state index is 12.5. The zero-order valence-corrected chi connectivity index (χ0v) is 12.0. The van der Waals surface area contributed by atoms with Crippen LogP contribution in [0.1, 0.15) is 41.2 Å². The highest BCUT2D eigenvalue weighted by molar-refractivity contribution is 6.10. The summed E-state index contributed by atoms with van der Waals surface area (Å²) >= 11 is 0. The number of benzene rings is 1. The molecule has 2 unspecified atom stereocenters. The van der Waals surface area contributed by atoms with Crippen molar-refractivity contribution < 1.29 is 9.59 Å². The molecule has 1 aliphatic rings. The van der Waals surface area contributed by atoms with Crippen molar-refractivity contribution in [3.63, 3.8) is 0 Å². The quantitative estimate of drug-likeness (QED) is 0.642. The number of imidazole rings is 1. The van der Waals surface area contributed by atoms with Gasteiger partial charge in [-0.2, -0.15) is 0 Å². The summed E-state index contributed by atoms with van der Waals surface area (Å²) in [5.74, 6) is -0.348. The predicted octanol–water partition coefficient (Wildman–Crippen LogP) is 2.76. The van der Waals surface area contributed by atoms with Gasteiger partial charge >= 0.3 is 0 Å². The van der Waals surface area contributed by atoms with E-state index in [1.807, 2.05) is 25.2 Å². The second-order valence-electron chi connectivity index (χ2n) is 5.69. The molecule has 0 radical (unpaired) electrons. The number of hydrogen-bond donors (Lipinski definition) is 0. The molecule has 1 saturated carbocycles. The van der Waals surface area contributed by atoms with Crippen LogP contribution in [0.15, 0.2) is 42.9 Å². The van der Waals surface area contributed by atoms with Crippen LogP contribution in [0, 0.1) is 5.92 Å². The first-order chi connectivity index (χ1) is 10.1. The minimum absolute atomic E-state index is 0.0536. The second kappa shape index (κ2) is 5.64. The summed E-state index contributed by atoms with van der Waals surface area (Å²) in [4.78, 5) is 28.7. The van der Waals surface area contributed by atoms with Crippen molar-refractivity contribution in [3.05, 3.63) is 54.1 Å². The fourth-order valence-corrected chi connectivity index (χ4v) is 3.02. The van der Waals surface area contributed by atoms with Gasteiger partial charge in [0.15, 0.2) is 5.78 Å². The van der Waals surface area contributed by atoms with E-state index in [0.29, 0.717) is 18.5 Å². The molecule has 3 rings (SSSR count). The predicted molar refractivity (Wildman–Crippen MR) is 79.1 cm³/mol. The Morgan fingerprint density at radius 2 is 2.05 bits per heavy atom. The Balaban J connectivity index is 1.81. The molecular weight excluding hydrogens is 264 g/mol. The van der Waals surface area contributed by atoms with E-state index in [2.05, 4.69) is 17.1 Å². The average Bonchev–Trinajstić information content (AvgIpc) is 2.94. The number of hydrogen-bond acceptors (Lipinski definition) is 3. The molecule has 4 nitrogen and oxygen atoms in total. The lowest BCUT2D eigenvalue weighted by atomic mass is 9.75. The monoisotopic (exact) mass is 282 g/mol. The van der Waals surface area contributed by atoms with E-state index in [9.17, 15) is 9.59 Å². The smallest absolute Gasteiger partial charge is 0.193 e. The maximum atomic E-state index is 12.5. The average molecular weight is 282 g/mol. The van der Waals surface area contributed by atoms with E-state index in [-0.39, 0.29) is 17.5 Å². The van der Waals surface area contributed by atoms with E-state index in [0.717, 1.165) is 6.42 Å². The highest BCUT2D eigenvalue weighted by Crippen LogP contribution is 2.35. The van der Waals surface area contributed by atoms with Crippen LogP contribution in [0.3, 0.4) is 0 Å². The molecule has 0 amide bonds. The van der Waals surface area contributed by atoms with Gasteiger partial charge < -0.3 is 4.57 Å². The highest BCUT2D eigenvalue weighted by Gasteiger charge is 2.35. The number of Topliss-reactive ketones (excluding diaryl/α,β-unsaturated/α-hetero) is 2. The second-order valence-corrected chi connectivity index (χ2v) is 5.69. The lowest BCUT2D eigenvalue weighted by molar-refractivity contribution is -0.123. The Labute approximate surface area is 123 Å². The Kier molecular flexibility index (Phi) is 3.69. The normalized spacial score (nSPS) is 22.2. The Morgan fingerprint density at radius 3 is 2.71 bits per heavy atom. The van der Waals surface area contributed by atoms with Crippen molar-refractivity contribution in [2.45, 2.75) is 25.2 Å². The van der Waals surface area contributed by atoms with Gasteiger partial charge in [0.2, 0.25) is 0 Å². The summed E-state index contributed by atoms with van der Waals surface area (Å²) in [6, 6.07) is 10.1. The van der Waals surface area contributed by atoms with E-state index in [1.165, 1.54) is 5.56 Å². The number of ketones is 2. The summed E-state index contributed by atoms with van der Waals surface area (Å²) in [5, 5.41) is 0. The Bertz CT molecular complexity index is 660. The van der Waals surface area contributed by atoms with Crippen molar-refractivity contribution in [1.82, 2.24) is 9.55 Å². The Morgan fingerprint density at radius 1 is 1.29 bits per heavy atom. The van der Waals surface area contributed by atoms with E-state index < -0.39 is 5.92 Å². The van der Waals surface area contributed by atoms with Crippen LogP contribution in [-0.2, 0) is 11.8 Å². The molecule has 0 saturated heterocycles. The van der Waals surface area contributed by atoms with E-state index in [1.54, 1.807) is 17.1 Å². The van der Waals surface area contributed by atoms with Gasteiger partial charge in [-0.3, -0.25) is 9.59 Å². The van der Waals surface area contributed by atoms with Crippen LogP contribution in [-0.4, -0.2) is 21.1 Å². The van der Waals surface area contributed by atoms with Crippen LogP contribution in [0.25, 0.3) is 0 Å². The molecule has 2 aromatic rings. The minimum atomic E-state index is -0.543. The molecule has 1 aromatic carbocycles. The van der Waals surface area contributed by atoms with Crippen LogP contribution in [0.5, 0.6) is 0 Å². The topological polar surface area (TPSA) is 52.0 Å². The number of rotatable bonds is 3. The summed E-state index contributed by atoms with van der Waals surface area (Å²) in [6.07, 6.45) is 5.17. The number of aryl methyl sites for hydroxylation is 1. The summed E-state index contributed by atoms with van der Waals surface area (Å²) in [5.41, 5.74) is 1.60. The van der Waals surface area contributed by atoms with Gasteiger partial charge in [-0.05, 0) is 24.3 Å². The molecule has 1 aromatic heterocycles. The molecule has 1 aliphatic carbocycles. The first-order valence-corrected chi connectivity index (χ1v) is 7.25. The number of nitrogens with zero attached hydrogens (tertiary/aromatic N) is 2. The zero-order chi connectivity index (χ0) is 14.8. The molecule has 1 heterocycles. The largest absolute Gasteiger partial charge is 0.340 e. The molecule has 108 valence electrons. The SMILES string of the molecule is Cn1cnc(C(=O)C2CC(c3ccccc3)CCC2=O)c1. The lowest BCUT2D eigenvalue weighted by Crippen LogP contribution is -2.30. The van der Waals surface area contributed by atoms with Crippen molar-refractivity contribution >= 4 is 11.6 Å². The number of carbonyl (C=O) groups excluding carboxylic acids is 2. The highest BCUT2D eigenvalue weighted by atomic mass is 16.2. The van der Waals surface area contributed by atoms with Crippen LogP contribution in [0.4, 0.5) is 0 Å². The van der Waals surface area contributed by atoms with Gasteiger partial charge in [-0.15, -0.1) is 0 Å². The van der Waals surface area contributed by atoms with Crippen molar-refractivity contribution in [1.29, 1.82) is 0 Å². The first-order valence-electron chi connectivity index (χ1n) is 7.25. The molecule has 21 heavy (non-hydrogen) atoms. The number of carbonyl (C=O) groups is 2. The minimum Gasteiger partial charge on any atom is -0.340 e. The first kappa shape index (κ1) is 13.7. The zero-order valence-electron chi connectivity index (χ0n) is 12.0. The fourth-order valence-electron chi connectivity index (χ4n) is 3.02. The van der Waals surface area contributed by atoms with Gasteiger partial charge in [-0.25, -0.2) is 4.98 Å². The lowest BCUT2D eigenvalue weighted by Gasteiger charge is -2.27. The molecule has 2 atom stereocenters. The third kappa shape index (κ3) is 2.79. The molecule has 0 spiro atoms. The molecule has 4 heteroatoms. The molecule has 1 fully saturated rings. The fraction of sp³-hybridized carbons (Fsp3) is 0.353. The standard InChI is InChI=1S/C17H18N2O2/c1-19-10-15(18-11-19)17(21)14-9-13(7-8-16(14)20)12-5-3-2-4-6-12/h2-6,10-11,13-14H,7-9H2,1H3. The van der Waals surface area contributed by atoms with Gasteiger partial charge in [0.1, 0.15) is 11.5 Å². The van der Waals surface area contributed by atoms with Crippen molar-refractivity contribution in [2.24, 2.45) is 13.0 Å². The van der Waals surface area contributed by atoms with E-state index in [4.69, 9.17) is 0 Å². The third-order valence-electron chi connectivity index (χ3n) is 4.19. The van der Waals surface area contributed by atoms with E-state index >= 15 is 0 Å². The van der Waals surface area contributed by atoms with Crippen molar-refractivity contribution in [3.8, 4) is 0 Å². The summed E-state index contributed by atoms with van der Waals surface area (Å²) < 4.78 is 1.73. The van der Waals surface area contributed by atoms with Crippen LogP contribution in [0.2, 0.25) is 0 Å². The van der Waals surface area contributed by atoms with Crippen LogP contribution >= 0.6 is 0 Å². The number of aromatic nitrogens is 2. The van der Waals surface area contributed by atoms with Gasteiger partial charge in [0, 0.05) is 19.7 Å². The summed E-state index contributed by atoms with van der Waals surface area (Å²) in [6.45, 7) is 0. The van der Waals surface area contributed by atoms with Gasteiger partial charge in [0.05, 0.1) is 12.2 Å².